The maximum Gasteiger partial charge on any atom is 0.251 e. The van der Waals surface area contributed by atoms with E-state index in [1.165, 1.54) is 29.8 Å². The van der Waals surface area contributed by atoms with Gasteiger partial charge in [-0.1, -0.05) is 29.8 Å². The van der Waals surface area contributed by atoms with Crippen molar-refractivity contribution in [2.45, 2.75) is 26.8 Å². The number of aryl methyl sites for hydroxylation is 2. The van der Waals surface area contributed by atoms with Crippen molar-refractivity contribution >= 4 is 16.9 Å². The molecule has 0 aliphatic carbocycles. The van der Waals surface area contributed by atoms with Crippen molar-refractivity contribution in [1.29, 1.82) is 0 Å². The fourth-order valence-corrected chi connectivity index (χ4v) is 3.77. The molecule has 4 aromatic rings. The third-order valence-corrected chi connectivity index (χ3v) is 5.38. The molecule has 3 aromatic carbocycles. The van der Waals surface area contributed by atoms with Gasteiger partial charge in [0.15, 0.2) is 0 Å². The van der Waals surface area contributed by atoms with E-state index in [2.05, 4.69) is 22.9 Å². The number of carbonyl (C=O) groups excluding carboxylic acids is 1. The van der Waals surface area contributed by atoms with E-state index < -0.39 is 0 Å². The molecule has 0 fully saturated rings. The van der Waals surface area contributed by atoms with Crippen molar-refractivity contribution in [1.82, 2.24) is 14.9 Å². The van der Waals surface area contributed by atoms with Gasteiger partial charge in [-0.05, 0) is 61.9 Å². The summed E-state index contributed by atoms with van der Waals surface area (Å²) in [5.41, 5.74) is 4.71. The molecule has 4 rings (SSSR count). The van der Waals surface area contributed by atoms with Crippen molar-refractivity contribution in [3.05, 3.63) is 95.1 Å². The first-order valence-corrected chi connectivity index (χ1v) is 10.7. The van der Waals surface area contributed by atoms with Gasteiger partial charge in [0.05, 0.1) is 17.6 Å². The molecule has 0 saturated carbocycles. The van der Waals surface area contributed by atoms with Crippen molar-refractivity contribution in [2.75, 3.05) is 13.2 Å². The van der Waals surface area contributed by atoms with Crippen LogP contribution in [-0.2, 0) is 13.0 Å². The Morgan fingerprint density at radius 2 is 1.84 bits per heavy atom. The number of benzene rings is 3. The maximum absolute atomic E-state index is 13.1. The zero-order valence-corrected chi connectivity index (χ0v) is 18.3. The van der Waals surface area contributed by atoms with E-state index in [4.69, 9.17) is 9.72 Å². The molecule has 0 bridgehead atoms. The Hall–Kier alpha value is -3.67. The molecule has 1 N–H and O–H groups in total. The number of ether oxygens (including phenoxy) is 1. The number of hydrogen-bond donors (Lipinski definition) is 1. The van der Waals surface area contributed by atoms with Crippen LogP contribution in [0.2, 0.25) is 0 Å². The zero-order valence-electron chi connectivity index (χ0n) is 18.3. The second-order valence-electron chi connectivity index (χ2n) is 7.80. The molecule has 0 radical (unpaired) electrons. The predicted molar refractivity (Wildman–Crippen MR) is 124 cm³/mol. The van der Waals surface area contributed by atoms with E-state index in [0.29, 0.717) is 31.7 Å². The van der Waals surface area contributed by atoms with E-state index >= 15 is 0 Å². The van der Waals surface area contributed by atoms with Gasteiger partial charge in [0.25, 0.3) is 5.91 Å². The number of fused-ring (bicyclic) bond motifs is 1. The summed E-state index contributed by atoms with van der Waals surface area (Å²) in [6.07, 6.45) is 0.575. The molecular weight excluding hydrogens is 405 g/mol. The van der Waals surface area contributed by atoms with Crippen molar-refractivity contribution in [3.63, 3.8) is 0 Å². The van der Waals surface area contributed by atoms with E-state index in [9.17, 15) is 9.18 Å². The Morgan fingerprint density at radius 3 is 2.62 bits per heavy atom. The van der Waals surface area contributed by atoms with E-state index in [-0.39, 0.29) is 11.7 Å². The van der Waals surface area contributed by atoms with Crippen molar-refractivity contribution < 1.29 is 13.9 Å². The lowest BCUT2D eigenvalue weighted by atomic mass is 10.1. The average Bonchev–Trinajstić information content (AvgIpc) is 3.13. The third kappa shape index (κ3) is 4.97. The molecule has 164 valence electrons. The number of nitrogens with one attached hydrogen (secondary N) is 1. The lowest BCUT2D eigenvalue weighted by molar-refractivity contribution is 0.0954. The van der Waals surface area contributed by atoms with Crippen molar-refractivity contribution in [3.8, 4) is 5.75 Å². The highest BCUT2D eigenvalue weighted by Gasteiger charge is 2.12. The molecule has 32 heavy (non-hydrogen) atoms. The van der Waals surface area contributed by atoms with E-state index in [1.54, 1.807) is 0 Å². The highest BCUT2D eigenvalue weighted by Crippen LogP contribution is 2.20. The topological polar surface area (TPSA) is 56.1 Å². The average molecular weight is 432 g/mol. The highest BCUT2D eigenvalue weighted by molar-refractivity contribution is 5.94. The summed E-state index contributed by atoms with van der Waals surface area (Å²) in [5, 5.41) is 2.89. The Kier molecular flexibility index (Phi) is 6.50. The molecule has 0 spiro atoms. The Balaban J connectivity index is 1.42. The first-order chi connectivity index (χ1) is 15.5. The maximum atomic E-state index is 13.1. The molecule has 0 aliphatic rings. The van der Waals surface area contributed by atoms with Gasteiger partial charge in [-0.25, -0.2) is 9.37 Å². The fourth-order valence-electron chi connectivity index (χ4n) is 3.77. The minimum absolute atomic E-state index is 0.231. The number of amides is 1. The smallest absolute Gasteiger partial charge is 0.251 e. The van der Waals surface area contributed by atoms with Crippen LogP contribution in [0, 0.1) is 19.7 Å². The quantitative estimate of drug-likeness (QED) is 0.434. The predicted octanol–water partition coefficient (Wildman–Crippen LogP) is 4.84. The van der Waals surface area contributed by atoms with Crippen LogP contribution in [0.3, 0.4) is 0 Å². The van der Waals surface area contributed by atoms with Gasteiger partial charge in [-0.3, -0.25) is 4.79 Å². The van der Waals surface area contributed by atoms with Gasteiger partial charge in [0.2, 0.25) is 0 Å². The number of carbonyl (C=O) groups is 1. The number of imidazole rings is 1. The summed E-state index contributed by atoms with van der Waals surface area (Å²) in [7, 11) is 0. The molecule has 1 aromatic heterocycles. The van der Waals surface area contributed by atoms with Gasteiger partial charge in [0, 0.05) is 18.5 Å². The van der Waals surface area contributed by atoms with Crippen LogP contribution in [0.4, 0.5) is 4.39 Å². The van der Waals surface area contributed by atoms with Gasteiger partial charge >= 0.3 is 0 Å². The molecule has 1 amide bonds. The van der Waals surface area contributed by atoms with Crippen LogP contribution in [0.25, 0.3) is 11.0 Å². The zero-order chi connectivity index (χ0) is 22.5. The summed E-state index contributed by atoms with van der Waals surface area (Å²) >= 11 is 0. The standard InChI is InChI=1S/C26H26FN3O2/c1-18-7-12-24(19(2)17-18)32-16-15-30-23-6-4-3-5-22(23)29-25(30)13-14-28-26(31)20-8-10-21(27)11-9-20/h3-12,17H,13-16H2,1-2H3,(H,28,31). The number of aromatic nitrogens is 2. The van der Waals surface area contributed by atoms with Gasteiger partial charge in [0.1, 0.15) is 24.0 Å². The summed E-state index contributed by atoms with van der Waals surface area (Å²) in [6.45, 7) is 5.70. The van der Waals surface area contributed by atoms with Crippen LogP contribution >= 0.6 is 0 Å². The monoisotopic (exact) mass is 431 g/mol. The highest BCUT2D eigenvalue weighted by atomic mass is 19.1. The number of hydrogen-bond acceptors (Lipinski definition) is 3. The molecule has 0 aliphatic heterocycles. The lowest BCUT2D eigenvalue weighted by Crippen LogP contribution is -2.26. The summed E-state index contributed by atoms with van der Waals surface area (Å²) in [5.74, 6) is 1.17. The molecule has 1 heterocycles. The first kappa shape index (κ1) is 21.6. The first-order valence-electron chi connectivity index (χ1n) is 10.7. The molecule has 5 nitrogen and oxygen atoms in total. The second kappa shape index (κ2) is 9.64. The van der Waals surface area contributed by atoms with Crippen LogP contribution < -0.4 is 10.1 Å². The van der Waals surface area contributed by atoms with Crippen LogP contribution in [0.1, 0.15) is 27.3 Å². The number of rotatable bonds is 8. The minimum atomic E-state index is -0.363. The second-order valence-corrected chi connectivity index (χ2v) is 7.80. The van der Waals surface area contributed by atoms with E-state index in [0.717, 1.165) is 28.2 Å². The third-order valence-electron chi connectivity index (χ3n) is 5.38. The van der Waals surface area contributed by atoms with Crippen LogP contribution in [-0.4, -0.2) is 28.6 Å². The van der Waals surface area contributed by atoms with Crippen molar-refractivity contribution in [2.24, 2.45) is 0 Å². The molecule has 0 saturated heterocycles. The number of nitrogens with zero attached hydrogens (tertiary/aromatic N) is 2. The minimum Gasteiger partial charge on any atom is -0.491 e. The Bertz CT molecular complexity index is 1230. The normalized spacial score (nSPS) is 11.0. The largest absolute Gasteiger partial charge is 0.491 e. The number of halogens is 1. The van der Waals surface area contributed by atoms with Gasteiger partial charge < -0.3 is 14.6 Å². The SMILES string of the molecule is Cc1ccc(OCCn2c(CCNC(=O)c3ccc(F)cc3)nc3ccccc32)c(C)c1. The van der Waals surface area contributed by atoms with Crippen LogP contribution in [0.5, 0.6) is 5.75 Å². The van der Waals surface area contributed by atoms with E-state index in [1.807, 2.05) is 43.3 Å². The van der Waals surface area contributed by atoms with Crippen LogP contribution in [0.15, 0.2) is 66.7 Å². The fraction of sp³-hybridized carbons (Fsp3) is 0.231. The number of para-hydroxylation sites is 2. The molecule has 0 unspecified atom stereocenters. The molecule has 6 heteroatoms. The van der Waals surface area contributed by atoms with Gasteiger partial charge in [-0.15, -0.1) is 0 Å². The lowest BCUT2D eigenvalue weighted by Gasteiger charge is -2.13. The molecular formula is C26H26FN3O2. The van der Waals surface area contributed by atoms with Gasteiger partial charge in [-0.2, -0.15) is 0 Å². The summed E-state index contributed by atoms with van der Waals surface area (Å²) in [4.78, 5) is 17.1. The molecule has 0 atom stereocenters. The Labute approximate surface area is 186 Å². The Morgan fingerprint density at radius 1 is 1.06 bits per heavy atom. The summed E-state index contributed by atoms with van der Waals surface area (Å²) < 4.78 is 21.2. The summed E-state index contributed by atoms with van der Waals surface area (Å²) in [6, 6.07) is 19.7.